The summed E-state index contributed by atoms with van der Waals surface area (Å²) in [5.74, 6) is 4.89. The van der Waals surface area contributed by atoms with Crippen LogP contribution in [-0.2, 0) is 6.18 Å². The molecule has 4 nitrogen and oxygen atoms in total. The second-order valence-corrected chi connectivity index (χ2v) is 5.25. The quantitative estimate of drug-likeness (QED) is 0.652. The largest absolute Gasteiger partial charge is 0.416 e. The molecule has 1 aromatic rings. The monoisotopic (exact) mass is 301 g/mol. The van der Waals surface area contributed by atoms with E-state index in [1.165, 1.54) is 6.07 Å². The second-order valence-electron chi connectivity index (χ2n) is 5.25. The Morgan fingerprint density at radius 3 is 2.67 bits per heavy atom. The maximum atomic E-state index is 12.8. The third-order valence-corrected chi connectivity index (χ3v) is 3.80. The summed E-state index contributed by atoms with van der Waals surface area (Å²) in [4.78, 5) is 14.1. The minimum absolute atomic E-state index is 0.0198. The summed E-state index contributed by atoms with van der Waals surface area (Å²) in [6.07, 6.45) is -1.75. The molecule has 1 fully saturated rings. The van der Waals surface area contributed by atoms with Crippen molar-refractivity contribution in [1.29, 1.82) is 0 Å². The maximum absolute atomic E-state index is 12.8. The van der Waals surface area contributed by atoms with Crippen LogP contribution in [0.25, 0.3) is 0 Å². The maximum Gasteiger partial charge on any atom is 0.416 e. The fourth-order valence-electron chi connectivity index (χ4n) is 2.58. The lowest BCUT2D eigenvalue weighted by atomic mass is 10.0. The number of hydrazine groups is 1. The Morgan fingerprint density at radius 1 is 1.38 bits per heavy atom. The van der Waals surface area contributed by atoms with Crippen LogP contribution in [0.4, 0.5) is 18.9 Å². The van der Waals surface area contributed by atoms with Crippen LogP contribution in [0.1, 0.15) is 42.1 Å². The Hall–Kier alpha value is -1.76. The first kappa shape index (κ1) is 15.6. The van der Waals surface area contributed by atoms with Crippen molar-refractivity contribution in [2.75, 3.05) is 12.0 Å². The zero-order valence-corrected chi connectivity index (χ0v) is 11.7. The molecular formula is C14H18F3N3O. The fourth-order valence-corrected chi connectivity index (χ4v) is 2.58. The molecule has 0 spiro atoms. The van der Waals surface area contributed by atoms with E-state index in [-0.39, 0.29) is 17.3 Å². The molecule has 7 heteroatoms. The molecular weight excluding hydrogens is 283 g/mol. The van der Waals surface area contributed by atoms with E-state index in [0.717, 1.165) is 31.4 Å². The summed E-state index contributed by atoms with van der Waals surface area (Å²) >= 11 is 0. The van der Waals surface area contributed by atoms with Crippen molar-refractivity contribution in [3.05, 3.63) is 29.3 Å². The molecule has 0 radical (unpaired) electrons. The van der Waals surface area contributed by atoms with Gasteiger partial charge in [-0.2, -0.15) is 13.2 Å². The number of carbonyl (C=O) groups excluding carboxylic acids is 1. The Balaban J connectivity index is 2.38. The molecule has 0 bridgehead atoms. The number of nitrogens with zero attached hydrogens (tertiary/aromatic N) is 1. The summed E-state index contributed by atoms with van der Waals surface area (Å²) in [7, 11) is 0. The number of alkyl halides is 3. The van der Waals surface area contributed by atoms with Crippen LogP contribution in [0.5, 0.6) is 0 Å². The smallest absolute Gasteiger partial charge is 0.336 e. The number of nitrogen functional groups attached to an aromatic ring is 1. The number of amides is 1. The van der Waals surface area contributed by atoms with Crippen LogP contribution in [-0.4, -0.2) is 23.4 Å². The number of halogens is 3. The molecule has 1 amide bonds. The molecule has 0 aromatic heterocycles. The van der Waals surface area contributed by atoms with Gasteiger partial charge in [0.2, 0.25) is 0 Å². The fraction of sp³-hybridized carbons (Fsp3) is 0.500. The second kappa shape index (κ2) is 5.93. The van der Waals surface area contributed by atoms with Gasteiger partial charge in [0.1, 0.15) is 0 Å². The van der Waals surface area contributed by atoms with Gasteiger partial charge in [0.25, 0.3) is 5.91 Å². The van der Waals surface area contributed by atoms with Gasteiger partial charge in [-0.1, -0.05) is 0 Å². The topological polar surface area (TPSA) is 58.4 Å². The summed E-state index contributed by atoms with van der Waals surface area (Å²) in [6, 6.07) is 2.97. The van der Waals surface area contributed by atoms with Crippen LogP contribution < -0.4 is 11.3 Å². The average Bonchev–Trinajstić information content (AvgIpc) is 2.45. The van der Waals surface area contributed by atoms with Crippen molar-refractivity contribution < 1.29 is 18.0 Å². The SMILES string of the molecule is CC1CCCCN1C(=O)c1cc(C(F)(F)F)ccc1NN. The third kappa shape index (κ3) is 3.29. The highest BCUT2D eigenvalue weighted by molar-refractivity contribution is 6.00. The van der Waals surface area contributed by atoms with Crippen LogP contribution >= 0.6 is 0 Å². The molecule has 1 unspecified atom stereocenters. The van der Waals surface area contributed by atoms with Crippen LogP contribution in [0.3, 0.4) is 0 Å². The Morgan fingerprint density at radius 2 is 2.10 bits per heavy atom. The minimum Gasteiger partial charge on any atom is -0.336 e. The van der Waals surface area contributed by atoms with Crippen molar-refractivity contribution >= 4 is 11.6 Å². The number of hydrogen-bond acceptors (Lipinski definition) is 3. The molecule has 1 saturated heterocycles. The minimum atomic E-state index is -4.49. The molecule has 1 aliphatic rings. The average molecular weight is 301 g/mol. The van der Waals surface area contributed by atoms with Crippen molar-refractivity contribution in [2.24, 2.45) is 5.84 Å². The van der Waals surface area contributed by atoms with E-state index in [4.69, 9.17) is 5.84 Å². The number of likely N-dealkylation sites (tertiary alicyclic amines) is 1. The number of nitrogens with two attached hydrogens (primary N) is 1. The molecule has 1 atom stereocenters. The first-order chi connectivity index (χ1) is 9.84. The van der Waals surface area contributed by atoms with Gasteiger partial charge in [-0.05, 0) is 44.4 Å². The number of benzene rings is 1. The van der Waals surface area contributed by atoms with E-state index in [1.807, 2.05) is 6.92 Å². The van der Waals surface area contributed by atoms with E-state index < -0.39 is 17.6 Å². The third-order valence-electron chi connectivity index (χ3n) is 3.80. The molecule has 21 heavy (non-hydrogen) atoms. The Kier molecular flexibility index (Phi) is 4.41. The molecule has 1 aromatic carbocycles. The molecule has 3 N–H and O–H groups in total. The number of nitrogens with one attached hydrogen (secondary N) is 1. The van der Waals surface area contributed by atoms with Gasteiger partial charge in [-0.3, -0.25) is 10.6 Å². The zero-order valence-electron chi connectivity index (χ0n) is 11.7. The first-order valence-corrected chi connectivity index (χ1v) is 6.83. The highest BCUT2D eigenvalue weighted by atomic mass is 19.4. The summed E-state index contributed by atoms with van der Waals surface area (Å²) in [5.41, 5.74) is 1.60. The van der Waals surface area contributed by atoms with Crippen molar-refractivity contribution in [2.45, 2.75) is 38.4 Å². The molecule has 2 rings (SSSR count). The van der Waals surface area contributed by atoms with Gasteiger partial charge >= 0.3 is 6.18 Å². The summed E-state index contributed by atoms with van der Waals surface area (Å²) in [5, 5.41) is 0. The Bertz CT molecular complexity index is 531. The standard InChI is InChI=1S/C14H18F3N3O/c1-9-4-2-3-7-20(9)13(21)11-8-10(14(15,16)17)5-6-12(11)19-18/h5-6,8-9,19H,2-4,7,18H2,1H3. The molecule has 0 saturated carbocycles. The predicted octanol–water partition coefficient (Wildman–Crippen LogP) is 3.01. The molecule has 116 valence electrons. The molecule has 1 aliphatic heterocycles. The lowest BCUT2D eigenvalue weighted by Gasteiger charge is -2.34. The van der Waals surface area contributed by atoms with Gasteiger partial charge in [-0.15, -0.1) is 0 Å². The van der Waals surface area contributed by atoms with Gasteiger partial charge < -0.3 is 10.3 Å². The van der Waals surface area contributed by atoms with E-state index in [1.54, 1.807) is 4.90 Å². The Labute approximate surface area is 121 Å². The summed E-state index contributed by atoms with van der Waals surface area (Å²) in [6.45, 7) is 2.46. The van der Waals surface area contributed by atoms with Crippen molar-refractivity contribution in [3.8, 4) is 0 Å². The lowest BCUT2D eigenvalue weighted by molar-refractivity contribution is -0.137. The van der Waals surface area contributed by atoms with E-state index in [0.29, 0.717) is 6.54 Å². The number of anilines is 1. The van der Waals surface area contributed by atoms with E-state index in [2.05, 4.69) is 5.43 Å². The highest BCUT2D eigenvalue weighted by Crippen LogP contribution is 2.32. The van der Waals surface area contributed by atoms with Gasteiger partial charge in [0, 0.05) is 12.6 Å². The molecule has 0 aliphatic carbocycles. The van der Waals surface area contributed by atoms with Gasteiger partial charge in [0.15, 0.2) is 0 Å². The van der Waals surface area contributed by atoms with Gasteiger partial charge in [-0.25, -0.2) is 0 Å². The molecule has 1 heterocycles. The summed E-state index contributed by atoms with van der Waals surface area (Å²) < 4.78 is 38.4. The normalized spacial score (nSPS) is 19.5. The van der Waals surface area contributed by atoms with Gasteiger partial charge in [0.05, 0.1) is 16.8 Å². The van der Waals surface area contributed by atoms with E-state index in [9.17, 15) is 18.0 Å². The highest BCUT2D eigenvalue weighted by Gasteiger charge is 2.33. The van der Waals surface area contributed by atoms with Crippen molar-refractivity contribution in [1.82, 2.24) is 4.90 Å². The zero-order chi connectivity index (χ0) is 15.6. The number of carbonyl (C=O) groups is 1. The number of hydrogen-bond donors (Lipinski definition) is 2. The first-order valence-electron chi connectivity index (χ1n) is 6.83. The van der Waals surface area contributed by atoms with E-state index >= 15 is 0 Å². The van der Waals surface area contributed by atoms with Crippen LogP contribution in [0.2, 0.25) is 0 Å². The van der Waals surface area contributed by atoms with Crippen LogP contribution in [0.15, 0.2) is 18.2 Å². The van der Waals surface area contributed by atoms with Crippen molar-refractivity contribution in [3.63, 3.8) is 0 Å². The number of piperidine rings is 1. The van der Waals surface area contributed by atoms with Crippen LogP contribution in [0, 0.1) is 0 Å². The lowest BCUT2D eigenvalue weighted by Crippen LogP contribution is -2.42. The predicted molar refractivity (Wildman–Crippen MR) is 73.6 cm³/mol. The number of rotatable bonds is 2.